The first-order chi connectivity index (χ1) is 15.4. The predicted octanol–water partition coefficient (Wildman–Crippen LogP) is 2.95. The summed E-state index contributed by atoms with van der Waals surface area (Å²) in [5.74, 6) is -1.69. The van der Waals surface area contributed by atoms with Gasteiger partial charge in [-0.1, -0.05) is 35.9 Å². The lowest BCUT2D eigenvalue weighted by molar-refractivity contribution is -0.137. The number of aromatic amines is 1. The van der Waals surface area contributed by atoms with Gasteiger partial charge in [0.25, 0.3) is 11.5 Å². The van der Waals surface area contributed by atoms with Crippen LogP contribution in [0.1, 0.15) is 28.5 Å². The maximum atomic E-state index is 12.8. The van der Waals surface area contributed by atoms with E-state index in [1.165, 1.54) is 0 Å². The second-order valence-corrected chi connectivity index (χ2v) is 7.37. The number of carboxylic acid groups (broad SMARTS) is 1. The molecule has 4 aromatic rings. The van der Waals surface area contributed by atoms with Crippen LogP contribution < -0.4 is 10.9 Å². The second kappa shape index (κ2) is 8.94. The van der Waals surface area contributed by atoms with Gasteiger partial charge >= 0.3 is 5.97 Å². The highest BCUT2D eigenvalue weighted by atomic mass is 35.5. The number of rotatable bonds is 7. The van der Waals surface area contributed by atoms with Crippen LogP contribution >= 0.6 is 11.6 Å². The van der Waals surface area contributed by atoms with Crippen LogP contribution in [0.3, 0.4) is 0 Å². The zero-order chi connectivity index (χ0) is 22.7. The smallest absolute Gasteiger partial charge is 0.305 e. The van der Waals surface area contributed by atoms with Gasteiger partial charge in [0.05, 0.1) is 28.9 Å². The fourth-order valence-corrected chi connectivity index (χ4v) is 3.49. The number of benzene rings is 2. The first-order valence-corrected chi connectivity index (χ1v) is 10.00. The summed E-state index contributed by atoms with van der Waals surface area (Å²) < 4.78 is 2.82. The highest BCUT2D eigenvalue weighted by Crippen LogP contribution is 2.20. The van der Waals surface area contributed by atoms with E-state index in [1.807, 2.05) is 0 Å². The van der Waals surface area contributed by atoms with Crippen molar-refractivity contribution in [2.45, 2.75) is 12.5 Å². The van der Waals surface area contributed by atoms with Crippen molar-refractivity contribution in [1.29, 1.82) is 0 Å². The van der Waals surface area contributed by atoms with E-state index < -0.39 is 23.5 Å². The van der Waals surface area contributed by atoms with Crippen LogP contribution in [0, 0.1) is 0 Å². The lowest BCUT2D eigenvalue weighted by Crippen LogP contribution is -2.30. The van der Waals surface area contributed by atoms with Crippen LogP contribution in [0.15, 0.2) is 77.9 Å². The number of para-hydroxylation sites is 1. The zero-order valence-electron chi connectivity index (χ0n) is 16.6. The van der Waals surface area contributed by atoms with E-state index in [2.05, 4.69) is 15.5 Å². The van der Waals surface area contributed by atoms with E-state index in [9.17, 15) is 19.5 Å². The van der Waals surface area contributed by atoms with Crippen LogP contribution in [-0.4, -0.2) is 36.5 Å². The fourth-order valence-electron chi connectivity index (χ4n) is 3.27. The number of carboxylic acids is 1. The molecule has 0 aliphatic heterocycles. The summed E-state index contributed by atoms with van der Waals surface area (Å²) in [4.78, 5) is 36.6. The standard InChI is InChI=1S/C22H18ClN5O4/c23-16-4-1-2-5-19(16)28-20(29)12-18(26-28)22(32)25-17(13-21(30)31)14-6-8-15(9-7-14)27-11-3-10-24-27/h1-12,17,26H,13H2,(H,25,32)(H,30,31). The monoisotopic (exact) mass is 451 g/mol. The van der Waals surface area contributed by atoms with Crippen molar-refractivity contribution in [3.63, 3.8) is 0 Å². The Bertz CT molecular complexity index is 1310. The first-order valence-electron chi connectivity index (χ1n) is 9.62. The van der Waals surface area contributed by atoms with Gasteiger partial charge in [0, 0.05) is 18.5 Å². The van der Waals surface area contributed by atoms with E-state index in [4.69, 9.17) is 11.6 Å². The third-order valence-electron chi connectivity index (χ3n) is 4.81. The largest absolute Gasteiger partial charge is 0.481 e. The van der Waals surface area contributed by atoms with Crippen molar-refractivity contribution in [2.24, 2.45) is 0 Å². The molecular weight excluding hydrogens is 434 g/mol. The van der Waals surface area contributed by atoms with Gasteiger partial charge in [0.1, 0.15) is 5.69 Å². The molecule has 4 rings (SSSR count). The zero-order valence-corrected chi connectivity index (χ0v) is 17.4. The number of hydrogen-bond donors (Lipinski definition) is 3. The van der Waals surface area contributed by atoms with Crippen molar-refractivity contribution in [3.8, 4) is 11.4 Å². The van der Waals surface area contributed by atoms with Gasteiger partial charge in [0.15, 0.2) is 0 Å². The number of nitrogens with zero attached hydrogens (tertiary/aromatic N) is 3. The third kappa shape index (κ3) is 4.47. The maximum Gasteiger partial charge on any atom is 0.305 e. The van der Waals surface area contributed by atoms with E-state index in [-0.39, 0.29) is 12.1 Å². The molecule has 0 saturated heterocycles. The Morgan fingerprint density at radius 3 is 2.53 bits per heavy atom. The van der Waals surface area contributed by atoms with Crippen molar-refractivity contribution < 1.29 is 14.7 Å². The molecule has 32 heavy (non-hydrogen) atoms. The van der Waals surface area contributed by atoms with Gasteiger partial charge in [-0.25, -0.2) is 9.36 Å². The summed E-state index contributed by atoms with van der Waals surface area (Å²) in [7, 11) is 0. The van der Waals surface area contributed by atoms with Gasteiger partial charge in [0.2, 0.25) is 0 Å². The Hall–Kier alpha value is -4.11. The highest BCUT2D eigenvalue weighted by Gasteiger charge is 2.21. The Morgan fingerprint density at radius 2 is 1.88 bits per heavy atom. The maximum absolute atomic E-state index is 12.8. The number of aromatic nitrogens is 4. The minimum atomic E-state index is -1.08. The molecule has 162 valence electrons. The number of aliphatic carboxylic acids is 1. The van der Waals surface area contributed by atoms with Gasteiger partial charge in [-0.2, -0.15) is 5.10 Å². The summed E-state index contributed by atoms with van der Waals surface area (Å²) in [6.45, 7) is 0. The second-order valence-electron chi connectivity index (χ2n) is 6.96. The number of H-pyrrole nitrogens is 1. The van der Waals surface area contributed by atoms with E-state index in [0.717, 1.165) is 16.4 Å². The van der Waals surface area contributed by atoms with Crippen LogP contribution in [-0.2, 0) is 4.79 Å². The van der Waals surface area contributed by atoms with E-state index in [0.29, 0.717) is 16.3 Å². The quantitative estimate of drug-likeness (QED) is 0.398. The molecule has 0 saturated carbocycles. The van der Waals surface area contributed by atoms with Crippen LogP contribution in [0.25, 0.3) is 11.4 Å². The number of halogens is 1. The summed E-state index contributed by atoms with van der Waals surface area (Å²) in [6.07, 6.45) is 3.10. The molecule has 0 spiro atoms. The molecule has 1 unspecified atom stereocenters. The molecule has 0 aliphatic carbocycles. The Labute approximate surface area is 186 Å². The Kier molecular flexibility index (Phi) is 5.91. The summed E-state index contributed by atoms with van der Waals surface area (Å²) in [5, 5.41) is 19.2. The van der Waals surface area contributed by atoms with E-state index in [1.54, 1.807) is 71.7 Å². The van der Waals surface area contributed by atoms with Crippen molar-refractivity contribution >= 4 is 23.5 Å². The molecule has 3 N–H and O–H groups in total. The molecule has 2 aromatic heterocycles. The van der Waals surface area contributed by atoms with Crippen LogP contribution in [0.4, 0.5) is 0 Å². The predicted molar refractivity (Wildman–Crippen MR) is 117 cm³/mol. The molecule has 1 atom stereocenters. The molecule has 0 bridgehead atoms. The number of carbonyl (C=O) groups excluding carboxylic acids is 1. The summed E-state index contributed by atoms with van der Waals surface area (Å²) >= 11 is 6.14. The number of nitrogens with one attached hydrogen (secondary N) is 2. The number of hydrogen-bond acceptors (Lipinski definition) is 4. The highest BCUT2D eigenvalue weighted by molar-refractivity contribution is 6.32. The van der Waals surface area contributed by atoms with Gasteiger partial charge < -0.3 is 10.4 Å². The third-order valence-corrected chi connectivity index (χ3v) is 5.13. The lowest BCUT2D eigenvalue weighted by Gasteiger charge is -2.17. The van der Waals surface area contributed by atoms with Crippen molar-refractivity contribution in [1.82, 2.24) is 24.9 Å². The van der Waals surface area contributed by atoms with Crippen LogP contribution in [0.2, 0.25) is 5.02 Å². The average molecular weight is 452 g/mol. The molecule has 1 amide bonds. The molecule has 2 heterocycles. The molecule has 2 aromatic carbocycles. The summed E-state index contributed by atoms with van der Waals surface area (Å²) in [6, 6.07) is 15.8. The fraction of sp³-hybridized carbons (Fsp3) is 0.0909. The van der Waals surface area contributed by atoms with Crippen LogP contribution in [0.5, 0.6) is 0 Å². The molecule has 10 heteroatoms. The topological polar surface area (TPSA) is 122 Å². The normalized spacial score (nSPS) is 11.8. The summed E-state index contributed by atoms with van der Waals surface area (Å²) in [5.41, 5.74) is 1.31. The minimum absolute atomic E-state index is 0.0153. The lowest BCUT2D eigenvalue weighted by atomic mass is 10.0. The first kappa shape index (κ1) is 21.1. The molecule has 0 fully saturated rings. The Balaban J connectivity index is 1.58. The van der Waals surface area contributed by atoms with Crippen molar-refractivity contribution in [2.75, 3.05) is 0 Å². The SMILES string of the molecule is O=C(O)CC(NC(=O)c1cc(=O)n(-c2ccccc2Cl)[nH]1)c1ccc(-n2cccn2)cc1. The number of carbonyl (C=O) groups is 2. The number of amides is 1. The average Bonchev–Trinajstić information content (AvgIpc) is 3.44. The molecule has 0 radical (unpaired) electrons. The molecule has 0 aliphatic rings. The van der Waals surface area contributed by atoms with Gasteiger partial charge in [-0.3, -0.25) is 19.5 Å². The van der Waals surface area contributed by atoms with E-state index >= 15 is 0 Å². The Morgan fingerprint density at radius 1 is 1.12 bits per heavy atom. The van der Waals surface area contributed by atoms with Crippen molar-refractivity contribution in [3.05, 3.63) is 99.7 Å². The molecular formula is C22H18ClN5O4. The molecule has 9 nitrogen and oxygen atoms in total. The van der Waals surface area contributed by atoms with Gasteiger partial charge in [-0.15, -0.1) is 0 Å². The minimum Gasteiger partial charge on any atom is -0.481 e. The van der Waals surface area contributed by atoms with Gasteiger partial charge in [-0.05, 0) is 35.9 Å².